The Labute approximate surface area is 149 Å². The number of thiazole rings is 1. The summed E-state index contributed by atoms with van der Waals surface area (Å²) in [5, 5.41) is 5.93. The Hall–Kier alpha value is -2.18. The van der Waals surface area contributed by atoms with Crippen molar-refractivity contribution in [3.05, 3.63) is 57.9 Å². The molecule has 3 rings (SSSR count). The Morgan fingerprint density at radius 3 is 2.88 bits per heavy atom. The molecular formula is C18H18N2O2S2. The molecule has 0 fully saturated rings. The van der Waals surface area contributed by atoms with Crippen LogP contribution in [0.15, 0.2) is 41.8 Å². The van der Waals surface area contributed by atoms with E-state index in [4.69, 9.17) is 4.74 Å². The average Bonchev–Trinajstić information content (AvgIpc) is 3.20. The van der Waals surface area contributed by atoms with E-state index >= 15 is 0 Å². The van der Waals surface area contributed by atoms with Crippen LogP contribution in [-0.2, 0) is 11.3 Å². The fourth-order valence-corrected chi connectivity index (χ4v) is 3.98. The maximum absolute atomic E-state index is 12.0. The van der Waals surface area contributed by atoms with E-state index in [2.05, 4.69) is 16.4 Å². The van der Waals surface area contributed by atoms with Crippen molar-refractivity contribution in [1.29, 1.82) is 0 Å². The van der Waals surface area contributed by atoms with Gasteiger partial charge in [0.05, 0.1) is 17.1 Å². The van der Waals surface area contributed by atoms with Crippen molar-refractivity contribution in [2.75, 3.05) is 6.61 Å². The maximum Gasteiger partial charge on any atom is 0.258 e. The molecule has 0 saturated heterocycles. The van der Waals surface area contributed by atoms with Crippen LogP contribution in [0.5, 0.6) is 5.75 Å². The number of carbonyl (C=O) groups excluding carboxylic acids is 1. The van der Waals surface area contributed by atoms with Crippen LogP contribution < -0.4 is 10.1 Å². The highest BCUT2D eigenvalue weighted by atomic mass is 32.1. The Bertz CT molecular complexity index is 825. The summed E-state index contributed by atoms with van der Waals surface area (Å²) in [6, 6.07) is 11.7. The first kappa shape index (κ1) is 16.7. The van der Waals surface area contributed by atoms with Gasteiger partial charge in [0.15, 0.2) is 6.61 Å². The molecule has 1 aromatic carbocycles. The number of rotatable bonds is 6. The number of nitrogens with zero attached hydrogens (tertiary/aromatic N) is 1. The molecule has 124 valence electrons. The van der Waals surface area contributed by atoms with Crippen molar-refractivity contribution >= 4 is 28.6 Å². The summed E-state index contributed by atoms with van der Waals surface area (Å²) in [5.74, 6) is 0.570. The number of nitrogens with one attached hydrogen (secondary N) is 1. The van der Waals surface area contributed by atoms with Gasteiger partial charge >= 0.3 is 0 Å². The molecule has 24 heavy (non-hydrogen) atoms. The van der Waals surface area contributed by atoms with Crippen molar-refractivity contribution in [3.8, 4) is 15.6 Å². The van der Waals surface area contributed by atoms with E-state index in [1.807, 2.05) is 49.6 Å². The second-order valence-corrected chi connectivity index (χ2v) is 7.42. The second-order valence-electron chi connectivity index (χ2n) is 5.39. The monoisotopic (exact) mass is 358 g/mol. The Morgan fingerprint density at radius 2 is 2.12 bits per heavy atom. The highest BCUT2D eigenvalue weighted by molar-refractivity contribution is 7.21. The predicted molar refractivity (Wildman–Crippen MR) is 98.7 cm³/mol. The number of hydrogen-bond donors (Lipinski definition) is 1. The number of ether oxygens (including phenoxy) is 1. The molecule has 4 nitrogen and oxygen atoms in total. The van der Waals surface area contributed by atoms with Gasteiger partial charge in [-0.2, -0.15) is 0 Å². The lowest BCUT2D eigenvalue weighted by Gasteiger charge is -2.07. The summed E-state index contributed by atoms with van der Waals surface area (Å²) in [5.41, 5.74) is 2.07. The Kier molecular flexibility index (Phi) is 5.27. The van der Waals surface area contributed by atoms with E-state index in [-0.39, 0.29) is 12.5 Å². The molecule has 1 amide bonds. The van der Waals surface area contributed by atoms with Crippen molar-refractivity contribution < 1.29 is 9.53 Å². The van der Waals surface area contributed by atoms with Gasteiger partial charge in [-0.25, -0.2) is 4.98 Å². The van der Waals surface area contributed by atoms with Gasteiger partial charge in [-0.1, -0.05) is 18.2 Å². The molecule has 0 saturated carbocycles. The Balaban J connectivity index is 1.53. The molecule has 0 aliphatic carbocycles. The molecule has 0 atom stereocenters. The number of hydrogen-bond acceptors (Lipinski definition) is 5. The third-order valence-electron chi connectivity index (χ3n) is 3.43. The van der Waals surface area contributed by atoms with E-state index in [0.29, 0.717) is 12.3 Å². The van der Waals surface area contributed by atoms with Gasteiger partial charge < -0.3 is 10.1 Å². The van der Waals surface area contributed by atoms with E-state index in [1.54, 1.807) is 22.7 Å². The van der Waals surface area contributed by atoms with Crippen LogP contribution >= 0.6 is 22.7 Å². The summed E-state index contributed by atoms with van der Waals surface area (Å²) < 4.78 is 5.51. The summed E-state index contributed by atoms with van der Waals surface area (Å²) in [4.78, 5) is 18.8. The van der Waals surface area contributed by atoms with Crippen LogP contribution in [0.25, 0.3) is 9.88 Å². The molecular weight excluding hydrogens is 340 g/mol. The summed E-state index contributed by atoms with van der Waals surface area (Å²) >= 11 is 3.29. The van der Waals surface area contributed by atoms with Crippen molar-refractivity contribution in [2.24, 2.45) is 0 Å². The molecule has 1 N–H and O–H groups in total. The molecule has 0 radical (unpaired) electrons. The van der Waals surface area contributed by atoms with Crippen molar-refractivity contribution in [1.82, 2.24) is 10.3 Å². The zero-order valence-corrected chi connectivity index (χ0v) is 15.2. The zero-order valence-electron chi connectivity index (χ0n) is 13.5. The van der Waals surface area contributed by atoms with Crippen LogP contribution in [0.2, 0.25) is 0 Å². The van der Waals surface area contributed by atoms with Gasteiger partial charge in [-0.05, 0) is 43.0 Å². The first-order valence-electron chi connectivity index (χ1n) is 7.58. The number of amides is 1. The number of benzene rings is 1. The van der Waals surface area contributed by atoms with Crippen LogP contribution in [0, 0.1) is 13.8 Å². The lowest BCUT2D eigenvalue weighted by Crippen LogP contribution is -2.28. The first-order valence-corrected chi connectivity index (χ1v) is 9.28. The van der Waals surface area contributed by atoms with Crippen LogP contribution in [0.1, 0.15) is 16.1 Å². The predicted octanol–water partition coefficient (Wildman–Crippen LogP) is 4.18. The van der Waals surface area contributed by atoms with Gasteiger partial charge in [-0.3, -0.25) is 4.79 Å². The average molecular weight is 358 g/mol. The number of thiophene rings is 1. The molecule has 6 heteroatoms. The Morgan fingerprint density at radius 1 is 1.25 bits per heavy atom. The van der Waals surface area contributed by atoms with Crippen molar-refractivity contribution in [2.45, 2.75) is 20.4 Å². The third kappa shape index (κ3) is 4.21. The number of carbonyl (C=O) groups is 1. The van der Waals surface area contributed by atoms with Gasteiger partial charge in [0, 0.05) is 4.88 Å². The molecule has 3 aromatic rings. The van der Waals surface area contributed by atoms with E-state index < -0.39 is 0 Å². The lowest BCUT2D eigenvalue weighted by atomic mass is 10.2. The smallest absolute Gasteiger partial charge is 0.258 e. The van der Waals surface area contributed by atoms with Crippen LogP contribution in [0.3, 0.4) is 0 Å². The molecule has 0 spiro atoms. The largest absolute Gasteiger partial charge is 0.484 e. The molecule has 0 bridgehead atoms. The van der Waals surface area contributed by atoms with Gasteiger partial charge in [0.2, 0.25) is 0 Å². The highest BCUT2D eigenvalue weighted by Gasteiger charge is 2.11. The standard InChI is InChI=1S/C18H18N2O2S2/c1-12-5-3-6-14(9-12)22-11-17(21)19-10-16-13(2)20-18(24-16)15-7-4-8-23-15/h3-9H,10-11H2,1-2H3,(H,19,21). The fraction of sp³-hybridized carbons (Fsp3) is 0.222. The van der Waals surface area contributed by atoms with Gasteiger partial charge in [0.25, 0.3) is 5.91 Å². The lowest BCUT2D eigenvalue weighted by molar-refractivity contribution is -0.123. The SMILES string of the molecule is Cc1cccc(OCC(=O)NCc2sc(-c3cccs3)nc2C)c1. The molecule has 0 aliphatic heterocycles. The van der Waals surface area contributed by atoms with Gasteiger partial charge in [-0.15, -0.1) is 22.7 Å². The minimum absolute atomic E-state index is 0.0130. The summed E-state index contributed by atoms with van der Waals surface area (Å²) in [7, 11) is 0. The van der Waals surface area contributed by atoms with Crippen LogP contribution in [0.4, 0.5) is 0 Å². The van der Waals surface area contributed by atoms with Crippen molar-refractivity contribution in [3.63, 3.8) is 0 Å². The quantitative estimate of drug-likeness (QED) is 0.719. The van der Waals surface area contributed by atoms with E-state index in [9.17, 15) is 4.79 Å². The minimum atomic E-state index is -0.137. The maximum atomic E-state index is 12.0. The minimum Gasteiger partial charge on any atom is -0.484 e. The van der Waals surface area contributed by atoms with Crippen LogP contribution in [-0.4, -0.2) is 17.5 Å². The normalized spacial score (nSPS) is 10.6. The molecule has 2 aromatic heterocycles. The third-order valence-corrected chi connectivity index (χ3v) is 5.63. The summed E-state index contributed by atoms with van der Waals surface area (Å²) in [6.45, 7) is 4.45. The van der Waals surface area contributed by atoms with E-state index in [1.165, 1.54) is 0 Å². The zero-order chi connectivity index (χ0) is 16.9. The summed E-state index contributed by atoms with van der Waals surface area (Å²) in [6.07, 6.45) is 0. The van der Waals surface area contributed by atoms with Gasteiger partial charge in [0.1, 0.15) is 10.8 Å². The first-order chi connectivity index (χ1) is 11.6. The number of aromatic nitrogens is 1. The highest BCUT2D eigenvalue weighted by Crippen LogP contribution is 2.30. The molecule has 0 aliphatic rings. The van der Waals surface area contributed by atoms with E-state index in [0.717, 1.165) is 26.0 Å². The number of aryl methyl sites for hydroxylation is 2. The molecule has 0 unspecified atom stereocenters. The second kappa shape index (κ2) is 7.59. The topological polar surface area (TPSA) is 51.2 Å². The molecule has 2 heterocycles. The fourth-order valence-electron chi connectivity index (χ4n) is 2.18.